The highest BCUT2D eigenvalue weighted by Gasteiger charge is 2.27. The van der Waals surface area contributed by atoms with Crippen LogP contribution in [0.3, 0.4) is 0 Å². The van der Waals surface area contributed by atoms with Gasteiger partial charge >= 0.3 is 0 Å². The summed E-state index contributed by atoms with van der Waals surface area (Å²) in [6.45, 7) is 2.90. The summed E-state index contributed by atoms with van der Waals surface area (Å²) in [6, 6.07) is 18.1. The molecule has 2 aromatic heterocycles. The van der Waals surface area contributed by atoms with Crippen LogP contribution in [0.25, 0.3) is 5.57 Å². The SMILES string of the molecule is [2H]C1=C2CN(Cc3ccccc3)CC=C2c2cccnc2N1Cc1cc(Cl)ccn1. The zero-order valence-electron chi connectivity index (χ0n) is 16.9. The number of hydrogen-bond donors (Lipinski definition) is 0. The number of fused-ring (bicyclic) bond motifs is 3. The Labute approximate surface area is 177 Å². The topological polar surface area (TPSA) is 32.3 Å². The van der Waals surface area contributed by atoms with Crippen molar-refractivity contribution >= 4 is 23.0 Å². The lowest BCUT2D eigenvalue weighted by molar-refractivity contribution is 0.317. The quantitative estimate of drug-likeness (QED) is 0.620. The predicted molar refractivity (Wildman–Crippen MR) is 117 cm³/mol. The summed E-state index contributed by atoms with van der Waals surface area (Å²) < 4.78 is 8.99. The van der Waals surface area contributed by atoms with Gasteiger partial charge in [0.1, 0.15) is 5.82 Å². The number of hydrogen-bond acceptors (Lipinski definition) is 4. The average Bonchev–Trinajstić information content (AvgIpc) is 2.77. The van der Waals surface area contributed by atoms with Crippen molar-refractivity contribution in [3.05, 3.63) is 107 Å². The summed E-state index contributed by atoms with van der Waals surface area (Å²) in [5, 5.41) is 0.643. The molecule has 4 heterocycles. The smallest absolute Gasteiger partial charge is 0.140 e. The average molecular weight is 402 g/mol. The second kappa shape index (κ2) is 7.82. The second-order valence-corrected chi connectivity index (χ2v) is 7.73. The Morgan fingerprint density at radius 1 is 1.00 bits per heavy atom. The molecule has 2 aliphatic rings. The molecule has 0 amide bonds. The van der Waals surface area contributed by atoms with Crippen LogP contribution < -0.4 is 4.90 Å². The predicted octanol–water partition coefficient (Wildman–Crippen LogP) is 4.93. The lowest BCUT2D eigenvalue weighted by Crippen LogP contribution is -2.33. The molecule has 2 aliphatic heterocycles. The summed E-state index contributed by atoms with van der Waals surface area (Å²) in [4.78, 5) is 13.3. The molecule has 0 unspecified atom stereocenters. The second-order valence-electron chi connectivity index (χ2n) is 7.29. The van der Waals surface area contributed by atoms with E-state index in [1.54, 1.807) is 18.5 Å². The van der Waals surface area contributed by atoms with Crippen LogP contribution in [0.2, 0.25) is 5.02 Å². The normalized spacial score (nSPS) is 16.8. The first kappa shape index (κ1) is 17.0. The minimum atomic E-state index is 0.457. The third-order valence-electron chi connectivity index (χ3n) is 5.21. The Morgan fingerprint density at radius 3 is 2.76 bits per heavy atom. The number of rotatable bonds is 4. The van der Waals surface area contributed by atoms with Crippen LogP contribution in [0.4, 0.5) is 5.82 Å². The van der Waals surface area contributed by atoms with E-state index >= 15 is 0 Å². The highest BCUT2D eigenvalue weighted by molar-refractivity contribution is 6.30. The van der Waals surface area contributed by atoms with E-state index in [1.165, 1.54) is 5.56 Å². The van der Waals surface area contributed by atoms with Crippen LogP contribution in [0.1, 0.15) is 18.2 Å². The number of anilines is 1. The molecule has 144 valence electrons. The minimum absolute atomic E-state index is 0.457. The van der Waals surface area contributed by atoms with Gasteiger partial charge in [0.05, 0.1) is 13.6 Å². The van der Waals surface area contributed by atoms with E-state index in [0.717, 1.165) is 47.9 Å². The third-order valence-corrected chi connectivity index (χ3v) is 5.45. The van der Waals surface area contributed by atoms with Gasteiger partial charge in [-0.05, 0) is 41.0 Å². The molecule has 0 bridgehead atoms. The number of halogens is 1. The fraction of sp³-hybridized carbons (Fsp3) is 0.167. The van der Waals surface area contributed by atoms with Gasteiger partial charge in [0.15, 0.2) is 0 Å². The van der Waals surface area contributed by atoms with Crippen molar-refractivity contribution in [2.75, 3.05) is 18.0 Å². The molecular formula is C24H21ClN4. The van der Waals surface area contributed by atoms with Crippen molar-refractivity contribution in [1.29, 1.82) is 0 Å². The largest absolute Gasteiger partial charge is 0.326 e. The molecule has 1 aromatic carbocycles. The lowest BCUT2D eigenvalue weighted by Gasteiger charge is -2.35. The monoisotopic (exact) mass is 401 g/mol. The van der Waals surface area contributed by atoms with Gasteiger partial charge in [0.25, 0.3) is 0 Å². The summed E-state index contributed by atoms with van der Waals surface area (Å²) in [6.07, 6.45) is 6.18. The van der Waals surface area contributed by atoms with Crippen molar-refractivity contribution in [1.82, 2.24) is 14.9 Å². The zero-order valence-corrected chi connectivity index (χ0v) is 16.7. The van der Waals surface area contributed by atoms with E-state index < -0.39 is 0 Å². The molecule has 0 saturated heterocycles. The molecule has 29 heavy (non-hydrogen) atoms. The van der Waals surface area contributed by atoms with Gasteiger partial charge < -0.3 is 4.90 Å². The van der Waals surface area contributed by atoms with E-state index in [9.17, 15) is 0 Å². The van der Waals surface area contributed by atoms with Crippen LogP contribution in [-0.2, 0) is 13.1 Å². The van der Waals surface area contributed by atoms with Crippen LogP contribution in [0.5, 0.6) is 0 Å². The first-order valence-corrected chi connectivity index (χ1v) is 10.1. The van der Waals surface area contributed by atoms with Crippen molar-refractivity contribution in [2.45, 2.75) is 13.1 Å². The molecule has 0 fully saturated rings. The Hall–Kier alpha value is -2.95. The van der Waals surface area contributed by atoms with Crippen molar-refractivity contribution in [3.8, 4) is 0 Å². The zero-order chi connectivity index (χ0) is 20.5. The fourth-order valence-electron chi connectivity index (χ4n) is 3.90. The highest BCUT2D eigenvalue weighted by Crippen LogP contribution is 2.38. The van der Waals surface area contributed by atoms with Gasteiger partial charge in [-0.1, -0.05) is 48.0 Å². The summed E-state index contributed by atoms with van der Waals surface area (Å²) in [5.74, 6) is 0.802. The Bertz CT molecular complexity index is 1140. The Kier molecular flexibility index (Phi) is 4.57. The third kappa shape index (κ3) is 3.82. The van der Waals surface area contributed by atoms with Crippen LogP contribution >= 0.6 is 11.6 Å². The van der Waals surface area contributed by atoms with Crippen LogP contribution in [0, 0.1) is 0 Å². The maximum Gasteiger partial charge on any atom is 0.140 e. The molecule has 5 rings (SSSR count). The standard InChI is InChI=1S/C24H21ClN4/c25-20-8-11-26-21(13-20)17-29-16-19-15-28(14-18-5-2-1-3-6-18)12-9-22(19)23-7-4-10-27-24(23)29/h1-11,13,16H,12,14-15,17H2/i16D. The molecular weight excluding hydrogens is 380 g/mol. The maximum absolute atomic E-state index is 8.99. The number of nitrogens with zero attached hydrogens (tertiary/aromatic N) is 4. The van der Waals surface area contributed by atoms with Gasteiger partial charge in [-0.25, -0.2) is 4.98 Å². The summed E-state index contributed by atoms with van der Waals surface area (Å²) >= 11 is 6.16. The van der Waals surface area contributed by atoms with E-state index in [-0.39, 0.29) is 0 Å². The lowest BCUT2D eigenvalue weighted by atomic mass is 9.92. The minimum Gasteiger partial charge on any atom is -0.326 e. The van der Waals surface area contributed by atoms with E-state index in [0.29, 0.717) is 17.7 Å². The molecule has 3 aromatic rings. The van der Waals surface area contributed by atoms with E-state index in [4.69, 9.17) is 13.0 Å². The first-order chi connectivity index (χ1) is 14.7. The molecule has 4 nitrogen and oxygen atoms in total. The van der Waals surface area contributed by atoms with Gasteiger partial charge in [-0.2, -0.15) is 0 Å². The number of pyridine rings is 2. The molecule has 0 N–H and O–H groups in total. The molecule has 0 atom stereocenters. The van der Waals surface area contributed by atoms with Crippen molar-refractivity contribution < 1.29 is 1.37 Å². The van der Waals surface area contributed by atoms with E-state index in [2.05, 4.69) is 51.3 Å². The number of benzene rings is 1. The molecule has 0 spiro atoms. The summed E-state index contributed by atoms with van der Waals surface area (Å²) in [7, 11) is 0. The fourth-order valence-corrected chi connectivity index (χ4v) is 4.08. The van der Waals surface area contributed by atoms with Crippen LogP contribution in [-0.4, -0.2) is 28.0 Å². The molecule has 0 aliphatic carbocycles. The van der Waals surface area contributed by atoms with Crippen molar-refractivity contribution in [2.24, 2.45) is 0 Å². The number of aromatic nitrogens is 2. The molecule has 0 saturated carbocycles. The first-order valence-electron chi connectivity index (χ1n) is 10.2. The Morgan fingerprint density at radius 2 is 1.90 bits per heavy atom. The van der Waals surface area contributed by atoms with Gasteiger partial charge in [0, 0.05) is 48.8 Å². The summed E-state index contributed by atoms with van der Waals surface area (Å²) in [5.41, 5.74) is 5.32. The van der Waals surface area contributed by atoms with E-state index in [1.807, 2.05) is 23.1 Å². The molecule has 5 heteroatoms. The van der Waals surface area contributed by atoms with Crippen LogP contribution in [0.15, 0.2) is 84.8 Å². The van der Waals surface area contributed by atoms with Gasteiger partial charge in [-0.15, -0.1) is 0 Å². The maximum atomic E-state index is 8.99. The van der Waals surface area contributed by atoms with Crippen molar-refractivity contribution in [3.63, 3.8) is 0 Å². The van der Waals surface area contributed by atoms with Gasteiger partial charge in [0.2, 0.25) is 0 Å². The van der Waals surface area contributed by atoms with Gasteiger partial charge in [-0.3, -0.25) is 9.88 Å². The highest BCUT2D eigenvalue weighted by atomic mass is 35.5. The Balaban J connectivity index is 1.51. The molecule has 0 radical (unpaired) electrons.